The Bertz CT molecular complexity index is 434. The van der Waals surface area contributed by atoms with Gasteiger partial charge in [-0.25, -0.2) is 4.98 Å². The smallest absolute Gasteiger partial charge is 0.270 e. The van der Waals surface area contributed by atoms with Crippen LogP contribution in [0.2, 0.25) is 0 Å². The van der Waals surface area contributed by atoms with E-state index in [1.54, 1.807) is 0 Å². The molecule has 0 radical (unpaired) electrons. The van der Waals surface area contributed by atoms with Gasteiger partial charge in [-0.2, -0.15) is 0 Å². The van der Waals surface area contributed by atoms with Crippen LogP contribution in [-0.4, -0.2) is 48.0 Å². The lowest BCUT2D eigenvalue weighted by atomic mass is 9.99. The molecule has 106 valence electrons. The Morgan fingerprint density at radius 3 is 3.16 bits per heavy atom. The lowest BCUT2D eigenvalue weighted by molar-refractivity contribution is 0.0892. The Kier molecular flexibility index (Phi) is 4.90. The minimum Gasteiger partial charge on any atom is -0.348 e. The molecule has 0 bridgehead atoms. The summed E-state index contributed by atoms with van der Waals surface area (Å²) in [5.74, 6) is -0.0544. The van der Waals surface area contributed by atoms with E-state index in [9.17, 15) is 4.79 Å². The molecule has 0 aromatic carbocycles. The molecule has 1 fully saturated rings. The molecule has 1 aliphatic heterocycles. The van der Waals surface area contributed by atoms with Crippen LogP contribution >= 0.6 is 11.3 Å². The first-order valence-corrected chi connectivity index (χ1v) is 7.63. The quantitative estimate of drug-likeness (QED) is 0.859. The van der Waals surface area contributed by atoms with Gasteiger partial charge in [-0.05, 0) is 33.4 Å². The summed E-state index contributed by atoms with van der Waals surface area (Å²) >= 11 is 1.51. The number of carbonyl (C=O) groups excluding carboxylic acids is 1. The van der Waals surface area contributed by atoms with Crippen molar-refractivity contribution in [3.8, 4) is 0 Å². The summed E-state index contributed by atoms with van der Waals surface area (Å²) < 4.78 is 0. The first-order chi connectivity index (χ1) is 9.10. The van der Waals surface area contributed by atoms with E-state index >= 15 is 0 Å². The third-order valence-corrected chi connectivity index (χ3v) is 4.59. The zero-order chi connectivity index (χ0) is 13.8. The second-order valence-electron chi connectivity index (χ2n) is 5.19. The average Bonchev–Trinajstić information content (AvgIpc) is 2.83. The Morgan fingerprint density at radius 2 is 2.47 bits per heavy atom. The van der Waals surface area contributed by atoms with E-state index in [2.05, 4.69) is 29.2 Å². The molecule has 1 aromatic heterocycles. The van der Waals surface area contributed by atoms with Gasteiger partial charge in [-0.1, -0.05) is 0 Å². The molecule has 0 aliphatic carbocycles. The predicted molar refractivity (Wildman–Crippen MR) is 77.5 cm³/mol. The highest BCUT2D eigenvalue weighted by Gasteiger charge is 2.24. The van der Waals surface area contributed by atoms with Crippen molar-refractivity contribution < 1.29 is 4.79 Å². The number of hydrogen-bond donors (Lipinski definition) is 2. The largest absolute Gasteiger partial charge is 0.348 e. The van der Waals surface area contributed by atoms with Gasteiger partial charge in [0, 0.05) is 30.4 Å². The van der Waals surface area contributed by atoms with Crippen molar-refractivity contribution in [3.05, 3.63) is 16.1 Å². The molecule has 1 saturated heterocycles. The van der Waals surface area contributed by atoms with Gasteiger partial charge in [0.2, 0.25) is 0 Å². The molecule has 3 N–H and O–H groups in total. The molecule has 1 amide bonds. The number of amides is 1. The Morgan fingerprint density at radius 1 is 1.68 bits per heavy atom. The van der Waals surface area contributed by atoms with Crippen molar-refractivity contribution in [1.82, 2.24) is 15.2 Å². The number of nitrogens with two attached hydrogens (primary N) is 1. The van der Waals surface area contributed by atoms with E-state index in [4.69, 9.17) is 5.73 Å². The number of likely N-dealkylation sites (tertiary alicyclic amines) is 1. The Hall–Kier alpha value is -0.980. The summed E-state index contributed by atoms with van der Waals surface area (Å²) in [5, 5.41) is 5.84. The van der Waals surface area contributed by atoms with E-state index in [0.29, 0.717) is 18.3 Å². The second-order valence-corrected chi connectivity index (χ2v) is 6.13. The Labute approximate surface area is 118 Å². The first kappa shape index (κ1) is 14.4. The minimum atomic E-state index is -0.0544. The highest BCUT2D eigenvalue weighted by molar-refractivity contribution is 7.09. The fourth-order valence-corrected chi connectivity index (χ4v) is 3.13. The van der Waals surface area contributed by atoms with Crippen LogP contribution in [0.1, 0.15) is 35.3 Å². The van der Waals surface area contributed by atoms with E-state index in [1.807, 2.05) is 5.38 Å². The molecule has 2 heterocycles. The van der Waals surface area contributed by atoms with Crippen molar-refractivity contribution in [2.45, 2.75) is 38.3 Å². The fraction of sp³-hybridized carbons (Fsp3) is 0.692. The fourth-order valence-electron chi connectivity index (χ4n) is 2.33. The Balaban J connectivity index is 1.89. The molecule has 2 atom stereocenters. The summed E-state index contributed by atoms with van der Waals surface area (Å²) in [7, 11) is 2.13. The molecule has 6 heteroatoms. The standard InChI is InChI=1S/C13H22N4OS/c1-9-7-10(4-6-17(9)2)15-13(18)11-8-19-12(16-11)3-5-14/h8-10H,3-7,14H2,1-2H3,(H,15,18). The molecule has 1 aliphatic rings. The molecule has 0 spiro atoms. The molecular formula is C13H22N4OS. The second kappa shape index (κ2) is 6.45. The van der Waals surface area contributed by atoms with Crippen LogP contribution in [0.4, 0.5) is 0 Å². The summed E-state index contributed by atoms with van der Waals surface area (Å²) in [6.07, 6.45) is 2.75. The summed E-state index contributed by atoms with van der Waals surface area (Å²) in [6.45, 7) is 3.79. The van der Waals surface area contributed by atoms with E-state index in [0.717, 1.165) is 30.8 Å². The summed E-state index contributed by atoms with van der Waals surface area (Å²) in [5.41, 5.74) is 6.01. The average molecular weight is 282 g/mol. The van der Waals surface area contributed by atoms with Crippen molar-refractivity contribution >= 4 is 17.2 Å². The van der Waals surface area contributed by atoms with Gasteiger partial charge < -0.3 is 16.0 Å². The van der Waals surface area contributed by atoms with E-state index in [1.165, 1.54) is 11.3 Å². The number of carbonyl (C=O) groups is 1. The summed E-state index contributed by atoms with van der Waals surface area (Å²) in [6, 6.07) is 0.778. The third-order valence-electron chi connectivity index (χ3n) is 3.69. The van der Waals surface area contributed by atoms with Crippen LogP contribution in [0, 0.1) is 0 Å². The maximum absolute atomic E-state index is 12.1. The minimum absolute atomic E-state index is 0.0544. The zero-order valence-corrected chi connectivity index (χ0v) is 12.4. The monoisotopic (exact) mass is 282 g/mol. The van der Waals surface area contributed by atoms with Crippen molar-refractivity contribution in [3.63, 3.8) is 0 Å². The van der Waals surface area contributed by atoms with Gasteiger partial charge in [0.15, 0.2) is 0 Å². The topological polar surface area (TPSA) is 71.2 Å². The number of piperidine rings is 1. The molecule has 1 aromatic rings. The van der Waals surface area contributed by atoms with E-state index in [-0.39, 0.29) is 11.9 Å². The van der Waals surface area contributed by atoms with Crippen LogP contribution in [0.25, 0.3) is 0 Å². The van der Waals surface area contributed by atoms with Gasteiger partial charge in [0.1, 0.15) is 5.69 Å². The number of rotatable bonds is 4. The SMILES string of the molecule is CC1CC(NC(=O)c2csc(CCN)n2)CCN1C. The van der Waals surface area contributed by atoms with Gasteiger partial charge in [-0.3, -0.25) is 4.79 Å². The molecule has 2 unspecified atom stereocenters. The lowest BCUT2D eigenvalue weighted by Gasteiger charge is -2.35. The number of nitrogens with zero attached hydrogens (tertiary/aromatic N) is 2. The maximum atomic E-state index is 12.1. The zero-order valence-electron chi connectivity index (χ0n) is 11.6. The normalized spacial score (nSPS) is 24.4. The van der Waals surface area contributed by atoms with Gasteiger partial charge >= 0.3 is 0 Å². The van der Waals surface area contributed by atoms with Gasteiger partial charge in [0.25, 0.3) is 5.91 Å². The van der Waals surface area contributed by atoms with Crippen LogP contribution in [0.15, 0.2) is 5.38 Å². The predicted octanol–water partition coefficient (Wildman–Crippen LogP) is 0.857. The molecule has 0 saturated carbocycles. The number of thiazole rings is 1. The summed E-state index contributed by atoms with van der Waals surface area (Å²) in [4.78, 5) is 18.7. The highest BCUT2D eigenvalue weighted by atomic mass is 32.1. The molecule has 2 rings (SSSR count). The van der Waals surface area contributed by atoms with Crippen LogP contribution in [0.3, 0.4) is 0 Å². The van der Waals surface area contributed by atoms with Gasteiger partial charge in [0.05, 0.1) is 5.01 Å². The highest BCUT2D eigenvalue weighted by Crippen LogP contribution is 2.16. The number of aromatic nitrogens is 1. The van der Waals surface area contributed by atoms with E-state index < -0.39 is 0 Å². The van der Waals surface area contributed by atoms with Crippen molar-refractivity contribution in [1.29, 1.82) is 0 Å². The maximum Gasteiger partial charge on any atom is 0.270 e. The van der Waals surface area contributed by atoms with Crippen LogP contribution in [-0.2, 0) is 6.42 Å². The molecule has 5 nitrogen and oxygen atoms in total. The molecule has 19 heavy (non-hydrogen) atoms. The van der Waals surface area contributed by atoms with Crippen LogP contribution < -0.4 is 11.1 Å². The first-order valence-electron chi connectivity index (χ1n) is 6.75. The van der Waals surface area contributed by atoms with Crippen molar-refractivity contribution in [2.75, 3.05) is 20.1 Å². The van der Waals surface area contributed by atoms with Crippen LogP contribution in [0.5, 0.6) is 0 Å². The number of hydrogen-bond acceptors (Lipinski definition) is 5. The number of nitrogens with one attached hydrogen (secondary N) is 1. The lowest BCUT2D eigenvalue weighted by Crippen LogP contribution is -2.47. The molecular weight excluding hydrogens is 260 g/mol. The van der Waals surface area contributed by atoms with Gasteiger partial charge in [-0.15, -0.1) is 11.3 Å². The third kappa shape index (κ3) is 3.75. The van der Waals surface area contributed by atoms with Crippen molar-refractivity contribution in [2.24, 2.45) is 5.73 Å².